The van der Waals surface area contributed by atoms with Crippen molar-refractivity contribution < 1.29 is 9.63 Å². The molecule has 0 saturated heterocycles. The summed E-state index contributed by atoms with van der Waals surface area (Å²) < 4.78 is 0. The molecule has 0 bridgehead atoms. The van der Waals surface area contributed by atoms with Gasteiger partial charge < -0.3 is 4.84 Å². The van der Waals surface area contributed by atoms with Crippen molar-refractivity contribution >= 4 is 23.1 Å². The highest BCUT2D eigenvalue weighted by Crippen LogP contribution is 2.26. The highest BCUT2D eigenvalue weighted by molar-refractivity contribution is 6.65. The molecule has 0 N–H and O–H groups in total. The Labute approximate surface area is 64.0 Å². The molecule has 0 saturated carbocycles. The third kappa shape index (κ3) is 1.14. The third-order valence-corrected chi connectivity index (χ3v) is 1.71. The summed E-state index contributed by atoms with van der Waals surface area (Å²) in [5.41, 5.74) is -0.892. The molecule has 0 aliphatic carbocycles. The molecule has 4 heteroatoms. The fourth-order valence-electron chi connectivity index (χ4n) is 0.754. The number of oxime groups is 1. The number of rotatable bonds is 2. The Balaban J connectivity index is 2.65. The number of nitrogens with zero attached hydrogens (tertiary/aromatic N) is 1. The summed E-state index contributed by atoms with van der Waals surface area (Å²) >= 11 is 5.50. The molecule has 0 aromatic heterocycles. The first-order valence-corrected chi connectivity index (χ1v) is 3.40. The van der Waals surface area contributed by atoms with Gasteiger partial charge >= 0.3 is 0 Å². The Morgan fingerprint density at radius 1 is 2.00 bits per heavy atom. The molecule has 1 aliphatic rings. The molecule has 1 radical (unpaired) electrons. The zero-order valence-corrected chi connectivity index (χ0v) is 6.31. The average Bonchev–Trinajstić information content (AvgIpc) is 2.33. The molecule has 0 aromatic rings. The summed E-state index contributed by atoms with van der Waals surface area (Å²) in [5, 5.41) is 3.79. The van der Waals surface area contributed by atoms with E-state index in [4.69, 9.17) is 16.4 Å². The van der Waals surface area contributed by atoms with Crippen LogP contribution < -0.4 is 0 Å². The van der Waals surface area contributed by atoms with Gasteiger partial charge in [0.05, 0.1) is 6.42 Å². The molecule has 0 amide bonds. The Morgan fingerprint density at radius 2 is 2.70 bits per heavy atom. The van der Waals surface area contributed by atoms with Gasteiger partial charge in [0.2, 0.25) is 11.9 Å². The first-order chi connectivity index (χ1) is 4.72. The normalized spacial score (nSPS) is 31.2. The first-order valence-electron chi connectivity index (χ1n) is 3.02. The lowest BCUT2D eigenvalue weighted by molar-refractivity contribution is 0.0325. The van der Waals surface area contributed by atoms with E-state index in [1.54, 1.807) is 6.29 Å². The van der Waals surface area contributed by atoms with Gasteiger partial charge in [0.25, 0.3) is 0 Å². The molecule has 0 fully saturated rings. The van der Waals surface area contributed by atoms with Crippen LogP contribution in [0.4, 0.5) is 0 Å². The predicted molar refractivity (Wildman–Crippen MR) is 37.7 cm³/mol. The molecular weight excluding hydrogens is 154 g/mol. The first kappa shape index (κ1) is 7.54. The molecule has 0 aromatic carbocycles. The molecule has 1 aliphatic heterocycles. The van der Waals surface area contributed by atoms with Gasteiger partial charge in [-0.25, -0.2) is 0 Å². The maximum atomic E-state index is 10.3. The van der Waals surface area contributed by atoms with E-state index in [1.165, 1.54) is 0 Å². The van der Waals surface area contributed by atoms with E-state index in [2.05, 4.69) is 5.16 Å². The van der Waals surface area contributed by atoms with E-state index >= 15 is 0 Å². The SMILES string of the molecule is CCC1([C]=O)CC(Cl)=NO1. The fraction of sp³-hybridized carbons (Fsp3) is 0.667. The van der Waals surface area contributed by atoms with Crippen molar-refractivity contribution in [2.75, 3.05) is 0 Å². The second-order valence-corrected chi connectivity index (χ2v) is 2.62. The minimum Gasteiger partial charge on any atom is -0.379 e. The van der Waals surface area contributed by atoms with E-state index in [0.717, 1.165) is 0 Å². The van der Waals surface area contributed by atoms with Crippen molar-refractivity contribution in [2.45, 2.75) is 25.4 Å². The van der Waals surface area contributed by atoms with Crippen molar-refractivity contribution in [3.05, 3.63) is 0 Å². The van der Waals surface area contributed by atoms with Crippen LogP contribution in [0.5, 0.6) is 0 Å². The Morgan fingerprint density at radius 3 is 2.90 bits per heavy atom. The van der Waals surface area contributed by atoms with Gasteiger partial charge in [-0.2, -0.15) is 0 Å². The van der Waals surface area contributed by atoms with Crippen molar-refractivity contribution in [1.82, 2.24) is 0 Å². The number of hydrogen-bond acceptors (Lipinski definition) is 3. The molecule has 1 atom stereocenters. The summed E-state index contributed by atoms with van der Waals surface area (Å²) in [5.74, 6) is 0. The quantitative estimate of drug-likeness (QED) is 0.609. The Hall–Kier alpha value is -0.570. The Kier molecular flexibility index (Phi) is 1.94. The third-order valence-electron chi connectivity index (χ3n) is 1.51. The summed E-state index contributed by atoms with van der Waals surface area (Å²) in [6.45, 7) is 1.83. The van der Waals surface area contributed by atoms with Gasteiger partial charge in [0, 0.05) is 0 Å². The molecule has 1 heterocycles. The molecule has 1 rings (SSSR count). The fourth-order valence-corrected chi connectivity index (χ4v) is 1.00. The van der Waals surface area contributed by atoms with Crippen molar-refractivity contribution in [2.24, 2.45) is 5.16 Å². The van der Waals surface area contributed by atoms with Gasteiger partial charge in [-0.1, -0.05) is 23.7 Å². The van der Waals surface area contributed by atoms with E-state index in [1.807, 2.05) is 6.92 Å². The lowest BCUT2D eigenvalue weighted by Crippen LogP contribution is -2.29. The lowest BCUT2D eigenvalue weighted by atomic mass is 10.0. The average molecular weight is 161 g/mol. The lowest BCUT2D eigenvalue weighted by Gasteiger charge is -2.14. The van der Waals surface area contributed by atoms with Crippen LogP contribution in [0.2, 0.25) is 0 Å². The predicted octanol–water partition coefficient (Wildman–Crippen LogP) is 1.22. The van der Waals surface area contributed by atoms with Crippen LogP contribution in [-0.2, 0) is 9.63 Å². The van der Waals surface area contributed by atoms with E-state index < -0.39 is 5.60 Å². The van der Waals surface area contributed by atoms with Gasteiger partial charge in [-0.05, 0) is 6.42 Å². The van der Waals surface area contributed by atoms with Crippen LogP contribution >= 0.6 is 11.6 Å². The summed E-state index contributed by atoms with van der Waals surface area (Å²) in [6.07, 6.45) is 2.69. The van der Waals surface area contributed by atoms with Gasteiger partial charge in [-0.3, -0.25) is 4.79 Å². The summed E-state index contributed by atoms with van der Waals surface area (Å²) in [6, 6.07) is 0. The highest BCUT2D eigenvalue weighted by Gasteiger charge is 2.37. The minimum absolute atomic E-state index is 0.338. The second kappa shape index (κ2) is 2.58. The Bertz CT molecular complexity index is 181. The summed E-state index contributed by atoms with van der Waals surface area (Å²) in [7, 11) is 0. The van der Waals surface area contributed by atoms with Crippen molar-refractivity contribution in [3.63, 3.8) is 0 Å². The maximum Gasteiger partial charge on any atom is 0.249 e. The summed E-state index contributed by atoms with van der Waals surface area (Å²) in [4.78, 5) is 15.1. The van der Waals surface area contributed by atoms with Crippen LogP contribution in [0.15, 0.2) is 5.16 Å². The molecule has 3 nitrogen and oxygen atoms in total. The minimum atomic E-state index is -0.892. The number of hydrogen-bond donors (Lipinski definition) is 0. The van der Waals surface area contributed by atoms with Gasteiger partial charge in [0.15, 0.2) is 0 Å². The molecule has 0 spiro atoms. The van der Waals surface area contributed by atoms with Crippen LogP contribution in [0, 0.1) is 0 Å². The van der Waals surface area contributed by atoms with Crippen LogP contribution in [0.1, 0.15) is 19.8 Å². The largest absolute Gasteiger partial charge is 0.379 e. The molecule has 1 unspecified atom stereocenters. The zero-order chi connectivity index (χ0) is 7.61. The smallest absolute Gasteiger partial charge is 0.249 e. The topological polar surface area (TPSA) is 38.7 Å². The highest BCUT2D eigenvalue weighted by atomic mass is 35.5. The van der Waals surface area contributed by atoms with Gasteiger partial charge in [0.1, 0.15) is 5.17 Å². The van der Waals surface area contributed by atoms with Crippen LogP contribution in [0.25, 0.3) is 0 Å². The monoisotopic (exact) mass is 160 g/mol. The van der Waals surface area contributed by atoms with E-state index in [0.29, 0.717) is 18.0 Å². The van der Waals surface area contributed by atoms with Crippen LogP contribution in [-0.4, -0.2) is 17.1 Å². The van der Waals surface area contributed by atoms with E-state index in [9.17, 15) is 4.79 Å². The number of carbonyl (C=O) groups excluding carboxylic acids is 1. The van der Waals surface area contributed by atoms with Crippen molar-refractivity contribution in [3.8, 4) is 0 Å². The maximum absolute atomic E-state index is 10.3. The standard InChI is InChI=1S/C6H7ClNO2/c1-2-6(4-9)3-5(7)8-10-6/h2-3H2,1H3. The van der Waals surface area contributed by atoms with Gasteiger partial charge in [-0.15, -0.1) is 0 Å². The second-order valence-electron chi connectivity index (χ2n) is 2.19. The molecular formula is C6H7ClNO2. The zero-order valence-electron chi connectivity index (χ0n) is 5.56. The van der Waals surface area contributed by atoms with Crippen molar-refractivity contribution in [1.29, 1.82) is 0 Å². The molecule has 10 heavy (non-hydrogen) atoms. The van der Waals surface area contributed by atoms with E-state index in [-0.39, 0.29) is 0 Å². The molecule has 55 valence electrons. The van der Waals surface area contributed by atoms with Crippen LogP contribution in [0.3, 0.4) is 0 Å². The number of halogens is 1.